The van der Waals surface area contributed by atoms with Crippen LogP contribution in [0.4, 0.5) is 0 Å². The van der Waals surface area contributed by atoms with Crippen LogP contribution in [0.5, 0.6) is 0 Å². The fourth-order valence-electron chi connectivity index (χ4n) is 8.97. The van der Waals surface area contributed by atoms with Crippen LogP contribution in [0.2, 0.25) is 0 Å². The molecule has 0 N–H and O–H groups in total. The van der Waals surface area contributed by atoms with Crippen LogP contribution in [0.15, 0.2) is 206 Å². The largest absolute Gasteiger partial charge is 0.308 e. The molecule has 10 aromatic rings. The summed E-state index contributed by atoms with van der Waals surface area (Å²) in [7, 11) is 0. The van der Waals surface area contributed by atoms with Gasteiger partial charge < -0.3 is 4.57 Å². The molecule has 0 atom stereocenters. The summed E-state index contributed by atoms with van der Waals surface area (Å²) >= 11 is 0. The molecule has 0 amide bonds. The van der Waals surface area contributed by atoms with Gasteiger partial charge in [0.1, 0.15) is 0 Å². The van der Waals surface area contributed by atoms with Crippen LogP contribution in [0.1, 0.15) is 30.5 Å². The van der Waals surface area contributed by atoms with Crippen molar-refractivity contribution in [3.05, 3.63) is 223 Å². The van der Waals surface area contributed by atoms with Gasteiger partial charge in [-0.1, -0.05) is 189 Å². The molecule has 0 bridgehead atoms. The van der Waals surface area contributed by atoms with Crippen LogP contribution >= 0.6 is 0 Å². The van der Waals surface area contributed by atoms with E-state index in [0.29, 0.717) is 5.82 Å². The molecule has 0 spiro atoms. The predicted molar refractivity (Wildman–Crippen MR) is 247 cm³/mol. The van der Waals surface area contributed by atoms with Crippen molar-refractivity contribution in [1.82, 2.24) is 14.5 Å². The summed E-state index contributed by atoms with van der Waals surface area (Å²) in [6.07, 6.45) is 0. The third kappa shape index (κ3) is 6.42. The number of hydrogen-bond donors (Lipinski definition) is 0. The van der Waals surface area contributed by atoms with Gasteiger partial charge in [-0.15, -0.1) is 0 Å². The second-order valence-electron chi connectivity index (χ2n) is 15.9. The van der Waals surface area contributed by atoms with Crippen LogP contribution in [-0.2, 0) is 5.41 Å². The first-order chi connectivity index (χ1) is 29.0. The van der Waals surface area contributed by atoms with E-state index in [4.69, 9.17) is 9.97 Å². The lowest BCUT2D eigenvalue weighted by molar-refractivity contribution is 0.662. The van der Waals surface area contributed by atoms with Crippen molar-refractivity contribution in [2.45, 2.75) is 26.2 Å². The number of aryl methyl sites for hydroxylation is 1. The van der Waals surface area contributed by atoms with Gasteiger partial charge in [-0.3, -0.25) is 0 Å². The zero-order chi connectivity index (χ0) is 39.9. The Hall–Kier alpha value is -7.36. The highest BCUT2D eigenvalue weighted by Gasteiger charge is 2.37. The number of aromatic nitrogens is 3. The van der Waals surface area contributed by atoms with E-state index in [1.807, 2.05) is 30.3 Å². The molecule has 0 radical (unpaired) electrons. The highest BCUT2D eigenvalue weighted by molar-refractivity contribution is 6.14. The maximum Gasteiger partial charge on any atom is 0.162 e. The third-order valence-electron chi connectivity index (χ3n) is 11.7. The van der Waals surface area contributed by atoms with E-state index in [1.54, 1.807) is 0 Å². The summed E-state index contributed by atoms with van der Waals surface area (Å²) in [5.41, 5.74) is 17.4. The van der Waals surface area contributed by atoms with Gasteiger partial charge in [0.05, 0.1) is 22.4 Å². The zero-order valence-electron chi connectivity index (χ0n) is 33.5. The molecule has 3 heteroatoms. The van der Waals surface area contributed by atoms with E-state index in [2.05, 4.69) is 201 Å². The van der Waals surface area contributed by atoms with Gasteiger partial charge in [-0.25, -0.2) is 9.97 Å². The molecular weight excluding hydrogens is 715 g/mol. The van der Waals surface area contributed by atoms with Crippen molar-refractivity contribution in [3.63, 3.8) is 0 Å². The topological polar surface area (TPSA) is 30.7 Å². The number of benzene rings is 8. The molecular formula is C56H43N3. The number of nitrogens with zero attached hydrogens (tertiary/aromatic N) is 3. The molecule has 0 saturated heterocycles. The van der Waals surface area contributed by atoms with Crippen molar-refractivity contribution in [1.29, 1.82) is 0 Å². The Bertz CT molecular complexity index is 3050. The lowest BCUT2D eigenvalue weighted by Crippen LogP contribution is -2.16. The lowest BCUT2D eigenvalue weighted by Gasteiger charge is -2.24. The molecule has 0 aliphatic heterocycles. The first-order valence-corrected chi connectivity index (χ1v) is 20.3. The molecule has 59 heavy (non-hydrogen) atoms. The third-order valence-corrected chi connectivity index (χ3v) is 11.7. The van der Waals surface area contributed by atoms with E-state index < -0.39 is 0 Å². The maximum atomic E-state index is 5.27. The first-order valence-electron chi connectivity index (χ1n) is 20.3. The normalized spacial score (nSPS) is 12.5. The van der Waals surface area contributed by atoms with Gasteiger partial charge in [-0.2, -0.15) is 0 Å². The molecule has 0 unspecified atom stereocenters. The fourth-order valence-corrected chi connectivity index (χ4v) is 8.97. The van der Waals surface area contributed by atoms with Crippen LogP contribution < -0.4 is 0 Å². The molecule has 2 aromatic heterocycles. The SMILES string of the molecule is CC1(C)c2ccccc2-c2cccc(-c3ccc4c(c3)c3cccc(-c5nc(-c6ccccc6)cc(-c6ccccc6)n5)c3n4-c3ccccc3)c21.Cc1ccccc1. The van der Waals surface area contributed by atoms with E-state index >= 15 is 0 Å². The highest BCUT2D eigenvalue weighted by Crippen LogP contribution is 2.52. The maximum absolute atomic E-state index is 5.27. The van der Waals surface area contributed by atoms with Crippen LogP contribution in [-0.4, -0.2) is 14.5 Å². The molecule has 3 nitrogen and oxygen atoms in total. The van der Waals surface area contributed by atoms with Crippen molar-refractivity contribution >= 4 is 21.8 Å². The van der Waals surface area contributed by atoms with E-state index in [0.717, 1.165) is 44.8 Å². The van der Waals surface area contributed by atoms with E-state index in [9.17, 15) is 0 Å². The smallest absolute Gasteiger partial charge is 0.162 e. The van der Waals surface area contributed by atoms with Crippen molar-refractivity contribution in [3.8, 4) is 61.8 Å². The molecule has 0 saturated carbocycles. The van der Waals surface area contributed by atoms with Gasteiger partial charge in [0.25, 0.3) is 0 Å². The Balaban J connectivity index is 0.000000547. The standard InChI is InChI=1S/C49H35N3.C7H8/c1-49(2)42-27-13-12-22-37(42)38-24-14-23-36(46(38)49)34-28-29-45-41(30-34)39-25-15-26-40(47(39)52(45)35-20-10-5-11-21-35)48-50-43(32-16-6-3-7-17-32)31-44(51-48)33-18-8-4-9-19-33;1-7-5-3-2-4-6-7/h3-31H,1-2H3;2-6H,1H3. The molecule has 0 fully saturated rings. The predicted octanol–water partition coefficient (Wildman–Crippen LogP) is 14.5. The number of hydrogen-bond acceptors (Lipinski definition) is 2. The highest BCUT2D eigenvalue weighted by atomic mass is 15.0. The number of rotatable bonds is 5. The minimum absolute atomic E-state index is 0.111. The summed E-state index contributed by atoms with van der Waals surface area (Å²) in [6.45, 7) is 6.81. The van der Waals surface area contributed by atoms with E-state index in [1.165, 1.54) is 49.7 Å². The molecule has 2 heterocycles. The quantitative estimate of drug-likeness (QED) is 0.175. The van der Waals surface area contributed by atoms with Gasteiger partial charge in [-0.05, 0) is 76.7 Å². The lowest BCUT2D eigenvalue weighted by atomic mass is 9.79. The van der Waals surface area contributed by atoms with Crippen molar-refractivity contribution in [2.24, 2.45) is 0 Å². The molecule has 1 aliphatic rings. The fraction of sp³-hybridized carbons (Fsp3) is 0.0714. The summed E-state index contributed by atoms with van der Waals surface area (Å²) in [5.74, 6) is 0.700. The second-order valence-corrected chi connectivity index (χ2v) is 15.9. The average Bonchev–Trinajstić information content (AvgIpc) is 3.76. The van der Waals surface area contributed by atoms with Gasteiger partial charge in [0, 0.05) is 38.6 Å². The van der Waals surface area contributed by atoms with Crippen LogP contribution in [0, 0.1) is 6.92 Å². The summed E-state index contributed by atoms with van der Waals surface area (Å²) in [5, 5.41) is 2.37. The summed E-state index contributed by atoms with van der Waals surface area (Å²) in [4.78, 5) is 10.5. The Labute approximate surface area is 346 Å². The first kappa shape index (κ1) is 36.0. The monoisotopic (exact) mass is 757 g/mol. The summed E-state index contributed by atoms with van der Waals surface area (Å²) in [6, 6.07) is 73.0. The molecule has 1 aliphatic carbocycles. The van der Waals surface area contributed by atoms with Crippen LogP contribution in [0.25, 0.3) is 83.6 Å². The number of fused-ring (bicyclic) bond motifs is 6. The second kappa shape index (κ2) is 14.9. The average molecular weight is 758 g/mol. The van der Waals surface area contributed by atoms with E-state index in [-0.39, 0.29) is 5.41 Å². The Morgan fingerprint density at radius 2 is 0.966 bits per heavy atom. The minimum Gasteiger partial charge on any atom is -0.308 e. The van der Waals surface area contributed by atoms with Crippen molar-refractivity contribution in [2.75, 3.05) is 0 Å². The molecule has 11 rings (SSSR count). The minimum atomic E-state index is -0.111. The zero-order valence-corrected chi connectivity index (χ0v) is 33.5. The van der Waals surface area contributed by atoms with Crippen molar-refractivity contribution < 1.29 is 0 Å². The molecule has 8 aromatic carbocycles. The van der Waals surface area contributed by atoms with Gasteiger partial charge in [0.2, 0.25) is 0 Å². The molecule has 282 valence electrons. The van der Waals surface area contributed by atoms with Gasteiger partial charge in [0.15, 0.2) is 5.82 Å². The Morgan fingerprint density at radius 3 is 1.61 bits per heavy atom. The Morgan fingerprint density at radius 1 is 0.424 bits per heavy atom. The van der Waals surface area contributed by atoms with Gasteiger partial charge >= 0.3 is 0 Å². The Kier molecular flexibility index (Phi) is 9.07. The summed E-state index contributed by atoms with van der Waals surface area (Å²) < 4.78 is 2.39. The number of para-hydroxylation sites is 2. The van der Waals surface area contributed by atoms with Crippen LogP contribution in [0.3, 0.4) is 0 Å².